The van der Waals surface area contributed by atoms with E-state index in [0.29, 0.717) is 0 Å². The van der Waals surface area contributed by atoms with Crippen molar-refractivity contribution in [2.24, 2.45) is 0 Å². The molecule has 0 fully saturated rings. The maximum absolute atomic E-state index is 2.22. The molecule has 0 atom stereocenters. The monoisotopic (exact) mass is 1810 g/mol. The molecule has 0 aliphatic heterocycles. The predicted molar refractivity (Wildman–Crippen MR) is 626 cm³/mol. The number of hydrogen-bond donors (Lipinski definition) is 0. The minimum atomic E-state index is 1.28. The van der Waals surface area contributed by atoms with Crippen molar-refractivity contribution in [1.29, 1.82) is 0 Å². The summed E-state index contributed by atoms with van der Waals surface area (Å²) in [5.74, 6) is 0. The van der Waals surface area contributed by atoms with E-state index in [4.69, 9.17) is 0 Å². The fourth-order valence-corrected chi connectivity index (χ4v) is 11.5. The first-order chi connectivity index (χ1) is 66.8. The minimum absolute atomic E-state index is 1.28. The van der Waals surface area contributed by atoms with Gasteiger partial charge in [0.1, 0.15) is 0 Å². The molecule has 18 rings (SSSR count). The topological polar surface area (TPSA) is 0 Å². The van der Waals surface area contributed by atoms with Gasteiger partial charge in [0, 0.05) is 0 Å². The van der Waals surface area contributed by atoms with Gasteiger partial charge in [0.2, 0.25) is 0 Å². The van der Waals surface area contributed by atoms with E-state index < -0.39 is 0 Å². The summed E-state index contributed by atoms with van der Waals surface area (Å²) in [6, 6.07) is 171. The Bertz CT molecular complexity index is 4770. The van der Waals surface area contributed by atoms with Crippen molar-refractivity contribution in [2.75, 3.05) is 0 Å². The Morgan fingerprint density at radius 3 is 0.441 bits per heavy atom. The van der Waals surface area contributed by atoms with Crippen molar-refractivity contribution >= 4 is 21.5 Å². The lowest BCUT2D eigenvalue weighted by atomic mass is 9.96. The third kappa shape index (κ3) is 65.1. The molecule has 0 radical (unpaired) electrons. The van der Waals surface area contributed by atoms with E-state index in [2.05, 4.69) is 348 Å². The first-order valence-corrected chi connectivity index (χ1v) is 50.2. The molecule has 0 aliphatic rings. The Kier molecular flexibility index (Phi) is 93.9. The highest BCUT2D eigenvalue weighted by atomic mass is 14.1. The molecular formula is C136H178. The van der Waals surface area contributed by atoms with E-state index in [1.54, 1.807) is 0 Å². The molecule has 0 heteroatoms. The zero-order chi connectivity index (χ0) is 103. The SMILES string of the molecule is CC.CC.CC.CC.CC.CC.CC.CC.CC.CC.CC.Cc1ccc(-c2ccc(C)cc2)cc1.Cc1ccc(-c2cccc(C)c2)cc1.Cc1ccc(-c2ccccc2)c2ccccc12.Cc1ccc(-c2ccccc2)c2ccccc12.Cc1ccc(C)cc1.Cc1cccc(C)c1.c1ccccc1.c1ccccc1.c1ccccc1.c1ccccc1.c1ccccc1.c1ccccc1. The molecule has 0 bridgehead atoms. The van der Waals surface area contributed by atoms with Gasteiger partial charge in [-0.25, -0.2) is 0 Å². The van der Waals surface area contributed by atoms with Crippen LogP contribution in [0.5, 0.6) is 0 Å². The van der Waals surface area contributed by atoms with Crippen molar-refractivity contribution in [3.8, 4) is 44.5 Å². The van der Waals surface area contributed by atoms with E-state index in [9.17, 15) is 0 Å². The fourth-order valence-electron chi connectivity index (χ4n) is 11.5. The van der Waals surface area contributed by atoms with Crippen molar-refractivity contribution in [2.45, 2.75) is 222 Å². The van der Waals surface area contributed by atoms with E-state index in [1.165, 1.54) is 122 Å². The number of benzene rings is 18. The van der Waals surface area contributed by atoms with Gasteiger partial charge in [-0.15, -0.1) is 0 Å². The Morgan fingerprint density at radius 2 is 0.250 bits per heavy atom. The third-order valence-corrected chi connectivity index (χ3v) is 17.7. The predicted octanol–water partition coefficient (Wildman–Crippen LogP) is 43.6. The Hall–Kier alpha value is -13.5. The molecule has 0 N–H and O–H groups in total. The third-order valence-electron chi connectivity index (χ3n) is 17.7. The molecule has 18 aromatic carbocycles. The maximum Gasteiger partial charge on any atom is -0.0103 e. The highest BCUT2D eigenvalue weighted by Crippen LogP contribution is 2.32. The van der Waals surface area contributed by atoms with E-state index >= 15 is 0 Å². The van der Waals surface area contributed by atoms with Gasteiger partial charge in [-0.05, 0) is 146 Å². The molecule has 0 nitrogen and oxygen atoms in total. The summed E-state index contributed by atoms with van der Waals surface area (Å²) in [5.41, 5.74) is 23.6. The number of aryl methyl sites for hydroxylation is 10. The highest BCUT2D eigenvalue weighted by Gasteiger charge is 2.07. The second-order valence-electron chi connectivity index (χ2n) is 27.4. The summed E-state index contributed by atoms with van der Waals surface area (Å²) in [4.78, 5) is 0. The average molecular weight is 1810 g/mol. The molecule has 0 aliphatic carbocycles. The first-order valence-electron chi connectivity index (χ1n) is 50.2. The number of fused-ring (bicyclic) bond motifs is 2. The lowest BCUT2D eigenvalue weighted by Crippen LogP contribution is -1.83. The van der Waals surface area contributed by atoms with Crippen molar-refractivity contribution in [3.05, 3.63) is 553 Å². The van der Waals surface area contributed by atoms with Gasteiger partial charge >= 0.3 is 0 Å². The lowest BCUT2D eigenvalue weighted by molar-refractivity contribution is 1.39. The molecule has 18 aromatic rings. The van der Waals surface area contributed by atoms with Gasteiger partial charge < -0.3 is 0 Å². The van der Waals surface area contributed by atoms with Crippen LogP contribution in [0.3, 0.4) is 0 Å². The second kappa shape index (κ2) is 97.5. The summed E-state index contributed by atoms with van der Waals surface area (Å²) in [6.07, 6.45) is 0. The molecule has 722 valence electrons. The molecule has 136 heavy (non-hydrogen) atoms. The summed E-state index contributed by atoms with van der Waals surface area (Å²) in [5, 5.41) is 5.35. The van der Waals surface area contributed by atoms with Crippen LogP contribution in [0.25, 0.3) is 66.1 Å². The number of hydrogen-bond acceptors (Lipinski definition) is 0. The lowest BCUT2D eigenvalue weighted by Gasteiger charge is -2.09. The van der Waals surface area contributed by atoms with Gasteiger partial charge in [0.15, 0.2) is 0 Å². The fraction of sp³-hybridized carbons (Fsp3) is 0.235. The van der Waals surface area contributed by atoms with E-state index in [0.717, 1.165) is 0 Å². The van der Waals surface area contributed by atoms with Gasteiger partial charge in [0.25, 0.3) is 0 Å². The van der Waals surface area contributed by atoms with Crippen LogP contribution in [0.1, 0.15) is 208 Å². The standard InChI is InChI=1S/2C17H14.2C14H14.2C8H10.6C6H6.11C2H6/c2*1-13-11-12-16(14-7-3-2-4-8-14)17-10-6-5-9-15(13)17;1-11-3-7-13(8-4-11)14-9-5-12(2)6-10-14;1-11-6-8-13(9-7-11)14-5-3-4-12(2)10-14;1-7-3-5-8(2)6-4-7;1-7-4-3-5-8(2)6-7;6*1-2-4-6-5-3-1;11*1-2/h2*2-12H,1H3;2*3-10H,1-2H3;2*3-6H,1-2H3;6*1-6H;11*1-2H3. The molecule has 0 aromatic heterocycles. The maximum atomic E-state index is 2.22. The van der Waals surface area contributed by atoms with Gasteiger partial charge in [-0.2, -0.15) is 0 Å². The van der Waals surface area contributed by atoms with Crippen molar-refractivity contribution in [1.82, 2.24) is 0 Å². The average Bonchev–Trinajstić information content (AvgIpc) is 0.798. The summed E-state index contributed by atoms with van der Waals surface area (Å²) in [6.45, 7) is 65.2. The first kappa shape index (κ1) is 131. The normalized spacial score (nSPS) is 8.44. The van der Waals surface area contributed by atoms with Crippen LogP contribution in [-0.2, 0) is 0 Å². The zero-order valence-electron chi connectivity index (χ0n) is 90.3. The second-order valence-corrected chi connectivity index (χ2v) is 27.4. The smallest absolute Gasteiger partial charge is 0.0103 e. The molecule has 0 saturated heterocycles. The van der Waals surface area contributed by atoms with Crippen molar-refractivity contribution in [3.63, 3.8) is 0 Å². The van der Waals surface area contributed by atoms with Crippen molar-refractivity contribution < 1.29 is 0 Å². The van der Waals surface area contributed by atoms with E-state index in [-0.39, 0.29) is 0 Å². The number of rotatable bonds is 4. The van der Waals surface area contributed by atoms with Crippen LogP contribution in [0.2, 0.25) is 0 Å². The Balaban J connectivity index is -0.000000458. The molecule has 0 amide bonds. The largest absolute Gasteiger partial charge is 0.0683 e. The Labute approximate surface area is 834 Å². The van der Waals surface area contributed by atoms with Crippen LogP contribution in [-0.4, -0.2) is 0 Å². The van der Waals surface area contributed by atoms with Crippen LogP contribution in [0, 0.1) is 69.2 Å². The zero-order valence-corrected chi connectivity index (χ0v) is 90.3. The molecule has 0 spiro atoms. The van der Waals surface area contributed by atoms with Gasteiger partial charge in [-0.3, -0.25) is 0 Å². The molecular weight excluding hydrogens is 1630 g/mol. The molecule has 0 unspecified atom stereocenters. The highest BCUT2D eigenvalue weighted by molar-refractivity contribution is 5.99. The summed E-state index contributed by atoms with van der Waals surface area (Å²) < 4.78 is 0. The van der Waals surface area contributed by atoms with E-state index in [1.807, 2.05) is 371 Å². The minimum Gasteiger partial charge on any atom is -0.0683 e. The van der Waals surface area contributed by atoms with Crippen LogP contribution >= 0.6 is 0 Å². The quantitative estimate of drug-likeness (QED) is 0.165. The van der Waals surface area contributed by atoms with Crippen LogP contribution < -0.4 is 0 Å². The summed E-state index contributed by atoms with van der Waals surface area (Å²) in [7, 11) is 0. The van der Waals surface area contributed by atoms with Gasteiger partial charge in [-0.1, -0.05) is 694 Å². The molecule has 0 saturated carbocycles. The van der Waals surface area contributed by atoms with Crippen LogP contribution in [0.4, 0.5) is 0 Å². The van der Waals surface area contributed by atoms with Gasteiger partial charge in [0.05, 0.1) is 0 Å². The molecule has 0 heterocycles. The Morgan fingerprint density at radius 1 is 0.0956 bits per heavy atom. The summed E-state index contributed by atoms with van der Waals surface area (Å²) >= 11 is 0. The van der Waals surface area contributed by atoms with Crippen LogP contribution in [0.15, 0.2) is 497 Å².